The minimum absolute atomic E-state index is 0.274. The highest BCUT2D eigenvalue weighted by molar-refractivity contribution is 5.85. The van der Waals surface area contributed by atoms with Gasteiger partial charge in [-0.05, 0) is 43.4 Å². The number of H-pyrrole nitrogens is 1. The van der Waals surface area contributed by atoms with E-state index >= 15 is 0 Å². The van der Waals surface area contributed by atoms with Crippen molar-refractivity contribution in [1.82, 2.24) is 9.88 Å². The predicted molar refractivity (Wildman–Crippen MR) is 87.4 cm³/mol. The van der Waals surface area contributed by atoms with Crippen molar-refractivity contribution in [3.63, 3.8) is 0 Å². The molecule has 2 aromatic carbocycles. The SMILES string of the molecule is CN(C)Cc1ccc(-c2cc3c(F)cccc3c(=O)[nH]2)cc1. The van der Waals surface area contributed by atoms with Crippen LogP contribution in [0, 0.1) is 5.82 Å². The first kappa shape index (κ1) is 14.5. The maximum absolute atomic E-state index is 13.9. The molecule has 0 aliphatic heterocycles. The molecule has 112 valence electrons. The lowest BCUT2D eigenvalue weighted by molar-refractivity contribution is 0.402. The molecule has 0 aliphatic rings. The largest absolute Gasteiger partial charge is 0.321 e. The number of pyridine rings is 1. The fourth-order valence-corrected chi connectivity index (χ4v) is 2.56. The van der Waals surface area contributed by atoms with Crippen molar-refractivity contribution in [2.24, 2.45) is 0 Å². The monoisotopic (exact) mass is 296 g/mol. The number of halogens is 1. The molecule has 4 heteroatoms. The lowest BCUT2D eigenvalue weighted by Crippen LogP contribution is -2.10. The number of rotatable bonds is 3. The van der Waals surface area contributed by atoms with E-state index in [1.807, 2.05) is 38.4 Å². The third kappa shape index (κ3) is 2.78. The summed E-state index contributed by atoms with van der Waals surface area (Å²) in [5.41, 5.74) is 2.40. The number of aromatic amines is 1. The van der Waals surface area contributed by atoms with Gasteiger partial charge in [-0.3, -0.25) is 4.79 Å². The summed E-state index contributed by atoms with van der Waals surface area (Å²) in [5, 5.41) is 0.714. The van der Waals surface area contributed by atoms with Crippen LogP contribution >= 0.6 is 0 Å². The fourth-order valence-electron chi connectivity index (χ4n) is 2.56. The summed E-state index contributed by atoms with van der Waals surface area (Å²) >= 11 is 0. The molecule has 0 amide bonds. The Hall–Kier alpha value is -2.46. The minimum Gasteiger partial charge on any atom is -0.321 e. The van der Waals surface area contributed by atoms with Gasteiger partial charge in [0.15, 0.2) is 0 Å². The Morgan fingerprint density at radius 3 is 2.45 bits per heavy atom. The van der Waals surface area contributed by atoms with Crippen molar-refractivity contribution in [2.45, 2.75) is 6.54 Å². The average Bonchev–Trinajstić information content (AvgIpc) is 2.48. The molecule has 0 fully saturated rings. The highest BCUT2D eigenvalue weighted by Gasteiger charge is 2.07. The van der Waals surface area contributed by atoms with Crippen molar-refractivity contribution >= 4 is 10.8 Å². The van der Waals surface area contributed by atoms with Gasteiger partial charge in [0.05, 0.1) is 0 Å². The van der Waals surface area contributed by atoms with E-state index in [-0.39, 0.29) is 11.4 Å². The van der Waals surface area contributed by atoms with Crippen LogP contribution in [0.2, 0.25) is 0 Å². The second kappa shape index (κ2) is 5.73. The van der Waals surface area contributed by atoms with Gasteiger partial charge in [0.2, 0.25) is 0 Å². The van der Waals surface area contributed by atoms with Gasteiger partial charge >= 0.3 is 0 Å². The van der Waals surface area contributed by atoms with Crippen molar-refractivity contribution < 1.29 is 4.39 Å². The minimum atomic E-state index is -0.380. The molecule has 1 aromatic heterocycles. The summed E-state index contributed by atoms with van der Waals surface area (Å²) in [6.45, 7) is 0.850. The highest BCUT2D eigenvalue weighted by atomic mass is 19.1. The van der Waals surface area contributed by atoms with Crippen LogP contribution in [0.3, 0.4) is 0 Å². The lowest BCUT2D eigenvalue weighted by atomic mass is 10.1. The highest BCUT2D eigenvalue weighted by Crippen LogP contribution is 2.22. The summed E-state index contributed by atoms with van der Waals surface area (Å²) in [6, 6.07) is 14.1. The lowest BCUT2D eigenvalue weighted by Gasteiger charge is -2.10. The van der Waals surface area contributed by atoms with Crippen LogP contribution in [0.5, 0.6) is 0 Å². The Morgan fingerprint density at radius 2 is 1.77 bits per heavy atom. The Kier molecular flexibility index (Phi) is 3.77. The summed E-state index contributed by atoms with van der Waals surface area (Å²) < 4.78 is 13.9. The second-order valence-corrected chi connectivity index (χ2v) is 5.65. The van der Waals surface area contributed by atoms with Crippen LogP contribution in [0.15, 0.2) is 53.3 Å². The molecular weight excluding hydrogens is 279 g/mol. The van der Waals surface area contributed by atoms with E-state index in [2.05, 4.69) is 9.88 Å². The number of nitrogens with one attached hydrogen (secondary N) is 1. The molecule has 0 radical (unpaired) electrons. The zero-order valence-corrected chi connectivity index (χ0v) is 12.6. The number of hydrogen-bond donors (Lipinski definition) is 1. The van der Waals surface area contributed by atoms with Crippen LogP contribution in [0.4, 0.5) is 4.39 Å². The number of aromatic nitrogens is 1. The topological polar surface area (TPSA) is 36.1 Å². The van der Waals surface area contributed by atoms with Crippen molar-refractivity contribution in [1.29, 1.82) is 0 Å². The van der Waals surface area contributed by atoms with Crippen LogP contribution in [-0.2, 0) is 6.54 Å². The van der Waals surface area contributed by atoms with Crippen LogP contribution < -0.4 is 5.56 Å². The van der Waals surface area contributed by atoms with Crippen molar-refractivity contribution in [3.8, 4) is 11.3 Å². The molecule has 0 unspecified atom stereocenters. The maximum Gasteiger partial charge on any atom is 0.256 e. The van der Waals surface area contributed by atoms with Crippen LogP contribution in [0.1, 0.15) is 5.56 Å². The maximum atomic E-state index is 13.9. The van der Waals surface area contributed by atoms with Gasteiger partial charge in [-0.25, -0.2) is 4.39 Å². The number of benzene rings is 2. The number of nitrogens with zero attached hydrogens (tertiary/aromatic N) is 1. The second-order valence-electron chi connectivity index (χ2n) is 5.65. The standard InChI is InChI=1S/C18H17FN2O/c1-21(2)11-12-6-8-13(9-7-12)17-10-15-14(18(22)20-17)4-3-5-16(15)19/h3-10H,11H2,1-2H3,(H,20,22). The third-order valence-electron chi connectivity index (χ3n) is 3.60. The van der Waals surface area contributed by atoms with Gasteiger partial charge < -0.3 is 9.88 Å². The summed E-state index contributed by atoms with van der Waals surface area (Å²) in [5.74, 6) is -0.380. The summed E-state index contributed by atoms with van der Waals surface area (Å²) in [6.07, 6.45) is 0. The molecule has 0 spiro atoms. The van der Waals surface area contributed by atoms with E-state index in [4.69, 9.17) is 0 Å². The Balaban J connectivity index is 2.07. The Labute approximate surface area is 128 Å². The predicted octanol–water partition coefficient (Wildman–Crippen LogP) is 3.40. The van der Waals surface area contributed by atoms with Gasteiger partial charge in [-0.2, -0.15) is 0 Å². The Morgan fingerprint density at radius 1 is 1.05 bits per heavy atom. The number of fused-ring (bicyclic) bond motifs is 1. The zero-order chi connectivity index (χ0) is 15.7. The first-order valence-electron chi connectivity index (χ1n) is 7.10. The van der Waals surface area contributed by atoms with Crippen LogP contribution in [-0.4, -0.2) is 24.0 Å². The average molecular weight is 296 g/mol. The molecule has 22 heavy (non-hydrogen) atoms. The normalized spacial score (nSPS) is 11.3. The molecule has 3 nitrogen and oxygen atoms in total. The van der Waals surface area contributed by atoms with E-state index in [0.29, 0.717) is 16.5 Å². The van der Waals surface area contributed by atoms with Crippen molar-refractivity contribution in [2.75, 3.05) is 14.1 Å². The summed E-state index contributed by atoms with van der Waals surface area (Å²) in [7, 11) is 4.02. The molecule has 3 rings (SSSR count). The first-order chi connectivity index (χ1) is 10.5. The molecule has 0 bridgehead atoms. The number of hydrogen-bond acceptors (Lipinski definition) is 2. The first-order valence-corrected chi connectivity index (χ1v) is 7.10. The van der Waals surface area contributed by atoms with Crippen molar-refractivity contribution in [3.05, 3.63) is 70.3 Å². The molecule has 0 atom stereocenters. The molecule has 0 saturated heterocycles. The molecule has 0 aliphatic carbocycles. The van der Waals surface area contributed by atoms with Gasteiger partial charge in [0, 0.05) is 23.0 Å². The van der Waals surface area contributed by atoms with E-state index in [1.54, 1.807) is 18.2 Å². The molecule has 1 heterocycles. The molecule has 1 N–H and O–H groups in total. The van der Waals surface area contributed by atoms with Gasteiger partial charge in [0.25, 0.3) is 5.56 Å². The Bertz CT molecular complexity index is 866. The third-order valence-corrected chi connectivity index (χ3v) is 3.60. The van der Waals surface area contributed by atoms with E-state index in [1.165, 1.54) is 11.6 Å². The van der Waals surface area contributed by atoms with Gasteiger partial charge in [-0.15, -0.1) is 0 Å². The van der Waals surface area contributed by atoms with E-state index < -0.39 is 0 Å². The zero-order valence-electron chi connectivity index (χ0n) is 12.6. The van der Waals surface area contributed by atoms with E-state index in [0.717, 1.165) is 12.1 Å². The van der Waals surface area contributed by atoms with Gasteiger partial charge in [-0.1, -0.05) is 30.3 Å². The molecule has 0 saturated carbocycles. The molecular formula is C18H17FN2O. The van der Waals surface area contributed by atoms with E-state index in [9.17, 15) is 9.18 Å². The smallest absolute Gasteiger partial charge is 0.256 e. The molecule has 3 aromatic rings. The summed E-state index contributed by atoms with van der Waals surface area (Å²) in [4.78, 5) is 17.0. The van der Waals surface area contributed by atoms with Gasteiger partial charge in [0.1, 0.15) is 5.82 Å². The quantitative estimate of drug-likeness (QED) is 0.804. The van der Waals surface area contributed by atoms with Crippen LogP contribution in [0.25, 0.3) is 22.0 Å². The fraction of sp³-hybridized carbons (Fsp3) is 0.167.